The Labute approximate surface area is 220 Å². The number of benzene rings is 2. The van der Waals surface area contributed by atoms with Gasteiger partial charge >= 0.3 is 0 Å². The van der Waals surface area contributed by atoms with E-state index < -0.39 is 0 Å². The summed E-state index contributed by atoms with van der Waals surface area (Å²) in [5.74, 6) is 1.86. The first kappa shape index (κ1) is 28.9. The molecule has 3 aromatic rings. The highest BCUT2D eigenvalue weighted by molar-refractivity contribution is 5.85. The van der Waals surface area contributed by atoms with Gasteiger partial charge in [-0.15, -0.1) is 29.9 Å². The van der Waals surface area contributed by atoms with Gasteiger partial charge in [0.05, 0.1) is 12.3 Å². The van der Waals surface area contributed by atoms with Crippen molar-refractivity contribution < 1.29 is 14.6 Å². The lowest BCUT2D eigenvalue weighted by Gasteiger charge is -2.17. The molecule has 0 radical (unpaired) electrons. The molecule has 1 fully saturated rings. The minimum atomic E-state index is 0. The van der Waals surface area contributed by atoms with Crippen molar-refractivity contribution in [2.24, 2.45) is 11.8 Å². The number of aliphatic hydroxyl groups excluding tert-OH is 1. The Bertz CT molecular complexity index is 1010. The molecule has 1 aliphatic heterocycles. The lowest BCUT2D eigenvalue weighted by atomic mass is 9.98. The van der Waals surface area contributed by atoms with Crippen molar-refractivity contribution in [3.05, 3.63) is 71.9 Å². The average molecular weight is 521 g/mol. The number of halogens is 2. The number of ether oxygens (including phenoxy) is 2. The van der Waals surface area contributed by atoms with E-state index in [1.54, 1.807) is 0 Å². The number of hydrogen-bond acceptors (Lipinski definition) is 6. The Morgan fingerprint density at radius 2 is 1.69 bits per heavy atom. The van der Waals surface area contributed by atoms with E-state index >= 15 is 0 Å². The minimum Gasteiger partial charge on any atom is -0.489 e. The maximum atomic E-state index is 9.54. The smallest absolute Gasteiger partial charge is 0.234 e. The number of nitrogens with zero attached hydrogens (tertiary/aromatic N) is 2. The fourth-order valence-electron chi connectivity index (χ4n) is 4.11. The average Bonchev–Trinajstić information content (AvgIpc) is 3.34. The van der Waals surface area contributed by atoms with Crippen LogP contribution in [-0.2, 0) is 13.0 Å². The standard InChI is InChI=1S/C27H33N3O3.2ClH/c1-2-3-9-26-25(14-27(30-29-26)33-19-23-16-28-15-22(23)17-31)21-10-12-24(13-11-21)32-18-20-7-5-4-6-8-20;;/h4-8,10-14,22-23,28,31H,2-3,9,15-19H2,1H3;2*1H/t22-,23-;;/m1../s1. The van der Waals surface area contributed by atoms with Crippen LogP contribution in [0.5, 0.6) is 11.6 Å². The molecule has 35 heavy (non-hydrogen) atoms. The van der Waals surface area contributed by atoms with Crippen LogP contribution in [0.2, 0.25) is 0 Å². The molecule has 1 aliphatic rings. The summed E-state index contributed by atoms with van der Waals surface area (Å²) in [7, 11) is 0. The number of unbranched alkanes of at least 4 members (excludes halogenated alkanes) is 1. The summed E-state index contributed by atoms with van der Waals surface area (Å²) in [6, 6.07) is 20.3. The zero-order chi connectivity index (χ0) is 22.9. The summed E-state index contributed by atoms with van der Waals surface area (Å²) >= 11 is 0. The zero-order valence-electron chi connectivity index (χ0n) is 20.1. The lowest BCUT2D eigenvalue weighted by molar-refractivity contribution is 0.159. The summed E-state index contributed by atoms with van der Waals surface area (Å²) in [4.78, 5) is 0. The lowest BCUT2D eigenvalue weighted by Crippen LogP contribution is -2.23. The van der Waals surface area contributed by atoms with Crippen molar-refractivity contribution in [3.63, 3.8) is 0 Å². The summed E-state index contributed by atoms with van der Waals surface area (Å²) in [6.07, 6.45) is 3.04. The second-order valence-corrected chi connectivity index (χ2v) is 8.62. The van der Waals surface area contributed by atoms with Crippen LogP contribution >= 0.6 is 24.8 Å². The molecule has 1 saturated heterocycles. The third kappa shape index (κ3) is 8.07. The molecule has 1 aromatic heterocycles. The molecule has 0 unspecified atom stereocenters. The van der Waals surface area contributed by atoms with Crippen LogP contribution < -0.4 is 14.8 Å². The molecular weight excluding hydrogens is 485 g/mol. The molecule has 0 aliphatic carbocycles. The van der Waals surface area contributed by atoms with Crippen molar-refractivity contribution >= 4 is 24.8 Å². The van der Waals surface area contributed by atoms with Gasteiger partial charge in [0, 0.05) is 43.2 Å². The number of rotatable bonds is 11. The summed E-state index contributed by atoms with van der Waals surface area (Å²) in [5.41, 5.74) is 4.25. The number of hydrogen-bond donors (Lipinski definition) is 2. The molecule has 0 saturated carbocycles. The van der Waals surface area contributed by atoms with Crippen molar-refractivity contribution in [1.82, 2.24) is 15.5 Å². The molecule has 6 nitrogen and oxygen atoms in total. The van der Waals surface area contributed by atoms with Crippen LogP contribution in [0.1, 0.15) is 31.0 Å². The van der Waals surface area contributed by atoms with Gasteiger partial charge in [0.25, 0.3) is 0 Å². The van der Waals surface area contributed by atoms with E-state index in [9.17, 15) is 5.11 Å². The number of aromatic nitrogens is 2. The molecule has 0 amide bonds. The van der Waals surface area contributed by atoms with Crippen molar-refractivity contribution in [2.75, 3.05) is 26.3 Å². The SMILES string of the molecule is CCCCc1nnc(OC[C@H]2CNC[C@@H]2CO)cc1-c1ccc(OCc2ccccc2)cc1.Cl.Cl. The molecular formula is C27H35Cl2N3O3. The molecule has 0 bridgehead atoms. The second-order valence-electron chi connectivity index (χ2n) is 8.62. The zero-order valence-corrected chi connectivity index (χ0v) is 21.7. The van der Waals surface area contributed by atoms with Gasteiger partial charge in [0.15, 0.2) is 0 Å². The Balaban J connectivity index is 0.00000216. The van der Waals surface area contributed by atoms with E-state index in [0.29, 0.717) is 19.1 Å². The molecule has 4 rings (SSSR count). The molecule has 8 heteroatoms. The molecule has 2 aromatic carbocycles. The normalized spacial score (nSPS) is 16.7. The molecule has 2 atom stereocenters. The maximum absolute atomic E-state index is 9.54. The van der Waals surface area contributed by atoms with E-state index in [4.69, 9.17) is 9.47 Å². The highest BCUT2D eigenvalue weighted by atomic mass is 35.5. The maximum Gasteiger partial charge on any atom is 0.234 e. The fourth-order valence-corrected chi connectivity index (χ4v) is 4.11. The topological polar surface area (TPSA) is 76.5 Å². The van der Waals surface area contributed by atoms with Crippen LogP contribution in [0.3, 0.4) is 0 Å². The third-order valence-electron chi connectivity index (χ3n) is 6.19. The first-order chi connectivity index (χ1) is 16.3. The molecule has 2 N–H and O–H groups in total. The summed E-state index contributed by atoms with van der Waals surface area (Å²) < 4.78 is 11.9. The largest absolute Gasteiger partial charge is 0.489 e. The van der Waals surface area contributed by atoms with Gasteiger partial charge in [0.1, 0.15) is 12.4 Å². The van der Waals surface area contributed by atoms with Crippen LogP contribution in [0.25, 0.3) is 11.1 Å². The Morgan fingerprint density at radius 3 is 2.40 bits per heavy atom. The predicted octanol–water partition coefficient (Wildman–Crippen LogP) is 5.12. The van der Waals surface area contributed by atoms with Gasteiger partial charge in [-0.25, -0.2) is 0 Å². The van der Waals surface area contributed by atoms with Crippen molar-refractivity contribution in [2.45, 2.75) is 32.8 Å². The molecule has 2 heterocycles. The molecule has 190 valence electrons. The van der Waals surface area contributed by atoms with E-state index in [0.717, 1.165) is 60.5 Å². The van der Waals surface area contributed by atoms with Gasteiger partial charge in [-0.1, -0.05) is 55.8 Å². The highest BCUT2D eigenvalue weighted by Crippen LogP contribution is 2.29. The Morgan fingerprint density at radius 1 is 0.943 bits per heavy atom. The summed E-state index contributed by atoms with van der Waals surface area (Å²) in [5, 5.41) is 21.7. The fraction of sp³-hybridized carbons (Fsp3) is 0.407. The molecule has 0 spiro atoms. The number of nitrogens with one attached hydrogen (secondary N) is 1. The predicted molar refractivity (Wildman–Crippen MR) is 144 cm³/mol. The second kappa shape index (κ2) is 14.9. The van der Waals surface area contributed by atoms with Gasteiger partial charge in [-0.2, -0.15) is 5.10 Å². The van der Waals surface area contributed by atoms with E-state index in [-0.39, 0.29) is 43.3 Å². The van der Waals surface area contributed by atoms with Crippen LogP contribution in [-0.4, -0.2) is 41.6 Å². The summed E-state index contributed by atoms with van der Waals surface area (Å²) in [6.45, 7) is 5.10. The first-order valence-electron chi connectivity index (χ1n) is 11.8. The van der Waals surface area contributed by atoms with Crippen LogP contribution in [0.15, 0.2) is 60.7 Å². The van der Waals surface area contributed by atoms with Crippen molar-refractivity contribution in [1.29, 1.82) is 0 Å². The van der Waals surface area contributed by atoms with Crippen molar-refractivity contribution in [3.8, 4) is 22.8 Å². The quantitative estimate of drug-likeness (QED) is 0.366. The first-order valence-corrected chi connectivity index (χ1v) is 11.8. The van der Waals surface area contributed by atoms with E-state index in [1.807, 2.05) is 36.4 Å². The van der Waals surface area contributed by atoms with Gasteiger partial charge in [0.2, 0.25) is 5.88 Å². The number of aryl methyl sites for hydroxylation is 1. The van der Waals surface area contributed by atoms with Gasteiger partial charge in [-0.3, -0.25) is 0 Å². The Kier molecular flexibility index (Phi) is 12.3. The minimum absolute atomic E-state index is 0. The number of aliphatic hydroxyl groups is 1. The highest BCUT2D eigenvalue weighted by Gasteiger charge is 2.27. The monoisotopic (exact) mass is 519 g/mol. The Hall–Kier alpha value is -2.38. The van der Waals surface area contributed by atoms with Gasteiger partial charge in [-0.05, 0) is 36.1 Å². The van der Waals surface area contributed by atoms with E-state index in [1.165, 1.54) is 0 Å². The third-order valence-corrected chi connectivity index (χ3v) is 6.19. The van der Waals surface area contributed by atoms with E-state index in [2.05, 4.69) is 46.7 Å². The van der Waals surface area contributed by atoms with Crippen LogP contribution in [0, 0.1) is 11.8 Å². The van der Waals surface area contributed by atoms with Crippen LogP contribution in [0.4, 0.5) is 0 Å². The van der Waals surface area contributed by atoms with Gasteiger partial charge < -0.3 is 19.9 Å².